The van der Waals surface area contributed by atoms with Gasteiger partial charge in [0.15, 0.2) is 0 Å². The molecule has 0 fully saturated rings. The van der Waals surface area contributed by atoms with E-state index in [4.69, 9.17) is 10.5 Å². The molecule has 0 bridgehead atoms. The van der Waals surface area contributed by atoms with Gasteiger partial charge in [-0.15, -0.1) is 0 Å². The van der Waals surface area contributed by atoms with Gasteiger partial charge in [-0.3, -0.25) is 10.1 Å². The molecule has 100 valence electrons. The Labute approximate surface area is 102 Å². The Bertz CT molecular complexity index is 404. The van der Waals surface area contributed by atoms with Crippen LogP contribution in [0, 0.1) is 0 Å². The number of ether oxygens (including phenoxy) is 1. The van der Waals surface area contributed by atoms with Crippen molar-refractivity contribution in [3.8, 4) is 5.75 Å². The van der Waals surface area contributed by atoms with Gasteiger partial charge in [-0.1, -0.05) is 12.1 Å². The van der Waals surface area contributed by atoms with E-state index in [0.29, 0.717) is 11.3 Å². The maximum atomic E-state index is 12.1. The summed E-state index contributed by atoms with van der Waals surface area (Å²) < 4.78 is 41.1. The average Bonchev–Trinajstić information content (AvgIpc) is 2.28. The van der Waals surface area contributed by atoms with Crippen molar-refractivity contribution in [1.82, 2.24) is 5.32 Å². The van der Waals surface area contributed by atoms with E-state index in [1.165, 1.54) is 19.2 Å². The second kappa shape index (κ2) is 5.72. The molecule has 1 unspecified atom stereocenters. The standard InChI is InChI=1S/C11H13F3N2O2/c1-18-8-4-2-7(3-5-8)9(10(15)17)16-6-11(12,13)14/h2-5,9,16H,6H2,1H3,(H2,15,17). The number of carbonyl (C=O) groups excluding carboxylic acids is 1. The fourth-order valence-electron chi connectivity index (χ4n) is 1.40. The fraction of sp³-hybridized carbons (Fsp3) is 0.364. The molecule has 0 aliphatic heterocycles. The monoisotopic (exact) mass is 262 g/mol. The Morgan fingerprint density at radius 1 is 1.39 bits per heavy atom. The third kappa shape index (κ3) is 4.25. The molecule has 0 heterocycles. The van der Waals surface area contributed by atoms with E-state index in [1.807, 2.05) is 0 Å². The lowest BCUT2D eigenvalue weighted by atomic mass is 10.1. The second-order valence-corrected chi connectivity index (χ2v) is 3.60. The molecule has 4 nitrogen and oxygen atoms in total. The summed E-state index contributed by atoms with van der Waals surface area (Å²) in [5, 5.41) is 2.07. The van der Waals surface area contributed by atoms with Gasteiger partial charge in [-0.25, -0.2) is 0 Å². The first kappa shape index (κ1) is 14.3. The summed E-state index contributed by atoms with van der Waals surface area (Å²) in [6.07, 6.45) is -4.40. The van der Waals surface area contributed by atoms with Crippen LogP contribution in [0.3, 0.4) is 0 Å². The van der Waals surface area contributed by atoms with Crippen LogP contribution in [0.2, 0.25) is 0 Å². The predicted molar refractivity (Wildman–Crippen MR) is 59.0 cm³/mol. The smallest absolute Gasteiger partial charge is 0.401 e. The molecule has 0 spiro atoms. The van der Waals surface area contributed by atoms with Crippen molar-refractivity contribution >= 4 is 5.91 Å². The van der Waals surface area contributed by atoms with Gasteiger partial charge in [-0.2, -0.15) is 13.2 Å². The number of hydrogen-bond acceptors (Lipinski definition) is 3. The molecule has 1 amide bonds. The van der Waals surface area contributed by atoms with E-state index in [-0.39, 0.29) is 0 Å². The number of alkyl halides is 3. The van der Waals surface area contributed by atoms with E-state index in [9.17, 15) is 18.0 Å². The van der Waals surface area contributed by atoms with Crippen molar-refractivity contribution in [2.24, 2.45) is 5.73 Å². The van der Waals surface area contributed by atoms with Gasteiger partial charge in [0.25, 0.3) is 0 Å². The van der Waals surface area contributed by atoms with Crippen LogP contribution < -0.4 is 15.8 Å². The molecule has 1 atom stereocenters. The molecule has 18 heavy (non-hydrogen) atoms. The minimum Gasteiger partial charge on any atom is -0.497 e. The maximum Gasteiger partial charge on any atom is 0.401 e. The Kier molecular flexibility index (Phi) is 4.55. The lowest BCUT2D eigenvalue weighted by Gasteiger charge is -2.17. The van der Waals surface area contributed by atoms with Crippen LogP contribution in [0.25, 0.3) is 0 Å². The van der Waals surface area contributed by atoms with Crippen molar-refractivity contribution in [2.75, 3.05) is 13.7 Å². The topological polar surface area (TPSA) is 64.3 Å². The highest BCUT2D eigenvalue weighted by molar-refractivity contribution is 5.81. The minimum atomic E-state index is -4.40. The van der Waals surface area contributed by atoms with E-state index in [2.05, 4.69) is 5.32 Å². The first-order chi connectivity index (χ1) is 8.33. The van der Waals surface area contributed by atoms with E-state index in [1.54, 1.807) is 12.1 Å². The first-order valence-electron chi connectivity index (χ1n) is 5.07. The lowest BCUT2D eigenvalue weighted by molar-refractivity contribution is -0.130. The third-order valence-corrected chi connectivity index (χ3v) is 2.24. The summed E-state index contributed by atoms with van der Waals surface area (Å²) in [5.41, 5.74) is 5.42. The molecule has 1 rings (SSSR count). The fourth-order valence-corrected chi connectivity index (χ4v) is 1.40. The van der Waals surface area contributed by atoms with E-state index in [0.717, 1.165) is 0 Å². The largest absolute Gasteiger partial charge is 0.497 e. The van der Waals surface area contributed by atoms with Gasteiger partial charge < -0.3 is 10.5 Å². The van der Waals surface area contributed by atoms with Crippen LogP contribution in [0.4, 0.5) is 13.2 Å². The molecular weight excluding hydrogens is 249 g/mol. The van der Waals surface area contributed by atoms with Gasteiger partial charge in [0, 0.05) is 0 Å². The molecule has 0 aliphatic carbocycles. The number of amides is 1. The zero-order chi connectivity index (χ0) is 13.8. The summed E-state index contributed by atoms with van der Waals surface area (Å²) in [5.74, 6) is -0.331. The van der Waals surface area contributed by atoms with E-state index < -0.39 is 24.7 Å². The van der Waals surface area contributed by atoms with Gasteiger partial charge in [-0.05, 0) is 17.7 Å². The Hall–Kier alpha value is -1.76. The number of nitrogens with two attached hydrogens (primary N) is 1. The lowest BCUT2D eigenvalue weighted by Crippen LogP contribution is -2.38. The molecule has 0 radical (unpaired) electrons. The molecule has 7 heteroatoms. The van der Waals surface area contributed by atoms with Crippen molar-refractivity contribution in [2.45, 2.75) is 12.2 Å². The number of primary amides is 1. The molecule has 0 aliphatic rings. The first-order valence-corrected chi connectivity index (χ1v) is 5.07. The summed E-state index contributed by atoms with van der Waals surface area (Å²) in [7, 11) is 1.46. The van der Waals surface area contributed by atoms with Crippen molar-refractivity contribution in [3.05, 3.63) is 29.8 Å². The van der Waals surface area contributed by atoms with E-state index >= 15 is 0 Å². The summed E-state index contributed by atoms with van der Waals surface area (Å²) in [6, 6.07) is 4.87. The molecule has 0 saturated heterocycles. The van der Waals surface area contributed by atoms with Crippen molar-refractivity contribution in [1.29, 1.82) is 0 Å². The van der Waals surface area contributed by atoms with Gasteiger partial charge in [0.2, 0.25) is 5.91 Å². The SMILES string of the molecule is COc1ccc(C(NCC(F)(F)F)C(N)=O)cc1. The zero-order valence-electron chi connectivity index (χ0n) is 9.62. The Morgan fingerprint density at radius 2 is 1.94 bits per heavy atom. The summed E-state index contributed by atoms with van der Waals surface area (Å²) in [4.78, 5) is 11.1. The Balaban J connectivity index is 2.80. The number of halogens is 3. The molecule has 3 N–H and O–H groups in total. The van der Waals surface area contributed by atoms with Crippen molar-refractivity contribution in [3.63, 3.8) is 0 Å². The normalized spacial score (nSPS) is 13.1. The third-order valence-electron chi connectivity index (χ3n) is 2.24. The van der Waals surface area contributed by atoms with Gasteiger partial charge in [0.1, 0.15) is 11.8 Å². The summed E-state index contributed by atoms with van der Waals surface area (Å²) >= 11 is 0. The number of carbonyl (C=O) groups is 1. The molecule has 1 aromatic carbocycles. The number of benzene rings is 1. The minimum absolute atomic E-state index is 0.354. The number of methoxy groups -OCH3 is 1. The van der Waals surface area contributed by atoms with Gasteiger partial charge >= 0.3 is 6.18 Å². The average molecular weight is 262 g/mol. The molecule has 1 aromatic rings. The molecular formula is C11H13F3N2O2. The highest BCUT2D eigenvalue weighted by Gasteiger charge is 2.30. The van der Waals surface area contributed by atoms with Crippen LogP contribution in [-0.2, 0) is 4.79 Å². The maximum absolute atomic E-state index is 12.1. The van der Waals surface area contributed by atoms with Crippen LogP contribution in [0.1, 0.15) is 11.6 Å². The quantitative estimate of drug-likeness (QED) is 0.842. The van der Waals surface area contributed by atoms with Crippen LogP contribution >= 0.6 is 0 Å². The highest BCUT2D eigenvalue weighted by atomic mass is 19.4. The number of hydrogen-bond donors (Lipinski definition) is 2. The molecule has 0 aromatic heterocycles. The zero-order valence-corrected chi connectivity index (χ0v) is 9.62. The number of nitrogens with one attached hydrogen (secondary N) is 1. The van der Waals surface area contributed by atoms with Crippen molar-refractivity contribution < 1.29 is 22.7 Å². The predicted octanol–water partition coefficient (Wildman–Crippen LogP) is 1.37. The Morgan fingerprint density at radius 3 is 2.33 bits per heavy atom. The summed E-state index contributed by atoms with van der Waals surface area (Å²) in [6.45, 7) is -1.29. The number of rotatable bonds is 5. The molecule has 0 saturated carbocycles. The highest BCUT2D eigenvalue weighted by Crippen LogP contribution is 2.19. The van der Waals surface area contributed by atoms with Crippen LogP contribution in [0.5, 0.6) is 5.75 Å². The van der Waals surface area contributed by atoms with Crippen LogP contribution in [0.15, 0.2) is 24.3 Å². The van der Waals surface area contributed by atoms with Crippen LogP contribution in [-0.4, -0.2) is 25.7 Å². The second-order valence-electron chi connectivity index (χ2n) is 3.60. The van der Waals surface area contributed by atoms with Gasteiger partial charge in [0.05, 0.1) is 13.7 Å².